The molecule has 1 heterocycles. The fraction of sp³-hybridized carbons (Fsp3) is 0.200. The molecule has 1 amide bonds. The number of nitrogens with zero attached hydrogens (tertiary/aromatic N) is 2. The lowest BCUT2D eigenvalue weighted by molar-refractivity contribution is -0.130. The Hall–Kier alpha value is -2.17. The van der Waals surface area contributed by atoms with Crippen molar-refractivity contribution < 1.29 is 4.79 Å². The Morgan fingerprint density at radius 3 is 2.44 bits per heavy atom. The van der Waals surface area contributed by atoms with Gasteiger partial charge in [0, 0.05) is 36.0 Å². The number of benzene rings is 2. The van der Waals surface area contributed by atoms with Crippen LogP contribution in [0, 0.1) is 0 Å². The fourth-order valence-corrected chi connectivity index (χ4v) is 3.56. The van der Waals surface area contributed by atoms with E-state index in [0.29, 0.717) is 18.0 Å². The van der Waals surface area contributed by atoms with Gasteiger partial charge in [0.1, 0.15) is 5.01 Å². The predicted octanol–water partition coefficient (Wildman–Crippen LogP) is 4.98. The molecule has 0 unspecified atom stereocenters. The Bertz CT molecular complexity index is 803. The van der Waals surface area contributed by atoms with Crippen LogP contribution in [-0.2, 0) is 11.3 Å². The maximum Gasteiger partial charge on any atom is 0.223 e. The number of rotatable bonds is 6. The minimum atomic E-state index is 0.00436. The van der Waals surface area contributed by atoms with Crippen molar-refractivity contribution in [1.29, 1.82) is 0 Å². The molecule has 25 heavy (non-hydrogen) atoms. The Kier molecular flexibility index (Phi) is 5.84. The summed E-state index contributed by atoms with van der Waals surface area (Å²) in [5, 5.41) is 3.56. The molecular weight excluding hydrogens is 352 g/mol. The number of amides is 1. The molecule has 5 heteroatoms. The minimum Gasteiger partial charge on any atom is -0.339 e. The standard InChI is InChI=1S/C20H19ClN2OS/c1-23(14-19-22-11-12-25-19)20(24)13-18(15-5-3-2-4-6-15)16-7-9-17(21)10-8-16/h2-12,18H,13-14H2,1H3/t18-/m1/s1. The molecule has 128 valence electrons. The molecule has 3 aromatic rings. The number of hydrogen-bond donors (Lipinski definition) is 0. The summed E-state index contributed by atoms with van der Waals surface area (Å²) in [6, 6.07) is 17.8. The number of aromatic nitrogens is 1. The van der Waals surface area contributed by atoms with Gasteiger partial charge in [-0.1, -0.05) is 54.1 Å². The molecule has 0 aliphatic rings. The normalized spacial score (nSPS) is 11.9. The van der Waals surface area contributed by atoms with Crippen molar-refractivity contribution in [3.8, 4) is 0 Å². The van der Waals surface area contributed by atoms with Gasteiger partial charge in [0.15, 0.2) is 0 Å². The van der Waals surface area contributed by atoms with E-state index in [1.165, 1.54) is 0 Å². The van der Waals surface area contributed by atoms with E-state index >= 15 is 0 Å². The zero-order valence-corrected chi connectivity index (χ0v) is 15.5. The molecular formula is C20H19ClN2OS. The minimum absolute atomic E-state index is 0.00436. The van der Waals surface area contributed by atoms with Crippen LogP contribution in [0.1, 0.15) is 28.5 Å². The first-order valence-electron chi connectivity index (χ1n) is 8.06. The molecule has 0 N–H and O–H groups in total. The summed E-state index contributed by atoms with van der Waals surface area (Å²) in [6.07, 6.45) is 2.17. The van der Waals surface area contributed by atoms with Gasteiger partial charge in [0.05, 0.1) is 6.54 Å². The number of halogens is 1. The predicted molar refractivity (Wildman–Crippen MR) is 103 cm³/mol. The second kappa shape index (κ2) is 8.28. The molecule has 0 saturated heterocycles. The quantitative estimate of drug-likeness (QED) is 0.613. The van der Waals surface area contributed by atoms with Crippen molar-refractivity contribution >= 4 is 28.8 Å². The van der Waals surface area contributed by atoms with Crippen molar-refractivity contribution in [2.75, 3.05) is 7.05 Å². The smallest absolute Gasteiger partial charge is 0.223 e. The van der Waals surface area contributed by atoms with E-state index in [-0.39, 0.29) is 11.8 Å². The molecule has 0 aliphatic heterocycles. The lowest BCUT2D eigenvalue weighted by atomic mass is 9.88. The second-order valence-electron chi connectivity index (χ2n) is 5.89. The summed E-state index contributed by atoms with van der Waals surface area (Å²) < 4.78 is 0. The van der Waals surface area contributed by atoms with Gasteiger partial charge in [-0.2, -0.15) is 0 Å². The van der Waals surface area contributed by atoms with Crippen LogP contribution in [0.15, 0.2) is 66.2 Å². The highest BCUT2D eigenvalue weighted by Gasteiger charge is 2.21. The highest BCUT2D eigenvalue weighted by Crippen LogP contribution is 2.29. The average Bonchev–Trinajstić information content (AvgIpc) is 3.14. The summed E-state index contributed by atoms with van der Waals surface area (Å²) >= 11 is 7.58. The largest absolute Gasteiger partial charge is 0.339 e. The molecule has 0 fully saturated rings. The Labute approximate surface area is 156 Å². The number of carbonyl (C=O) groups excluding carboxylic acids is 1. The van der Waals surface area contributed by atoms with Gasteiger partial charge in [0.2, 0.25) is 5.91 Å². The van der Waals surface area contributed by atoms with E-state index < -0.39 is 0 Å². The molecule has 3 rings (SSSR count). The number of thiazole rings is 1. The van der Waals surface area contributed by atoms with Gasteiger partial charge >= 0.3 is 0 Å². The molecule has 1 aromatic heterocycles. The van der Waals surface area contributed by atoms with E-state index in [0.717, 1.165) is 16.1 Å². The van der Waals surface area contributed by atoms with E-state index in [4.69, 9.17) is 11.6 Å². The van der Waals surface area contributed by atoms with Crippen LogP contribution in [0.5, 0.6) is 0 Å². The lowest BCUT2D eigenvalue weighted by Crippen LogP contribution is -2.27. The topological polar surface area (TPSA) is 33.2 Å². The summed E-state index contributed by atoms with van der Waals surface area (Å²) in [5.41, 5.74) is 2.22. The monoisotopic (exact) mass is 370 g/mol. The molecule has 1 atom stereocenters. The summed E-state index contributed by atoms with van der Waals surface area (Å²) in [4.78, 5) is 18.8. The maximum atomic E-state index is 12.8. The van der Waals surface area contributed by atoms with Crippen molar-refractivity contribution in [3.63, 3.8) is 0 Å². The first-order valence-corrected chi connectivity index (χ1v) is 9.32. The van der Waals surface area contributed by atoms with Gasteiger partial charge < -0.3 is 4.90 Å². The lowest BCUT2D eigenvalue weighted by Gasteiger charge is -2.22. The van der Waals surface area contributed by atoms with Crippen LogP contribution >= 0.6 is 22.9 Å². The van der Waals surface area contributed by atoms with Crippen molar-refractivity contribution in [1.82, 2.24) is 9.88 Å². The van der Waals surface area contributed by atoms with E-state index in [1.54, 1.807) is 22.4 Å². The van der Waals surface area contributed by atoms with Crippen molar-refractivity contribution in [2.24, 2.45) is 0 Å². The van der Waals surface area contributed by atoms with Gasteiger partial charge in [-0.05, 0) is 23.3 Å². The van der Waals surface area contributed by atoms with Crippen molar-refractivity contribution in [3.05, 3.63) is 87.3 Å². The molecule has 0 bridgehead atoms. The van der Waals surface area contributed by atoms with Crippen LogP contribution < -0.4 is 0 Å². The Balaban J connectivity index is 1.79. The molecule has 0 spiro atoms. The van der Waals surface area contributed by atoms with Crippen LogP contribution in [0.2, 0.25) is 5.02 Å². The van der Waals surface area contributed by atoms with Crippen LogP contribution in [0.3, 0.4) is 0 Å². The zero-order valence-electron chi connectivity index (χ0n) is 13.9. The van der Waals surface area contributed by atoms with Gasteiger partial charge in [-0.25, -0.2) is 4.98 Å². The van der Waals surface area contributed by atoms with Gasteiger partial charge in [-0.15, -0.1) is 11.3 Å². The molecule has 0 radical (unpaired) electrons. The highest BCUT2D eigenvalue weighted by molar-refractivity contribution is 7.09. The Morgan fingerprint density at radius 2 is 1.80 bits per heavy atom. The highest BCUT2D eigenvalue weighted by atomic mass is 35.5. The first-order chi connectivity index (χ1) is 12.1. The summed E-state index contributed by atoms with van der Waals surface area (Å²) in [5.74, 6) is 0.101. The third-order valence-corrected chi connectivity index (χ3v) is 5.15. The Morgan fingerprint density at radius 1 is 1.12 bits per heavy atom. The van der Waals surface area contributed by atoms with E-state index in [2.05, 4.69) is 17.1 Å². The third-order valence-electron chi connectivity index (χ3n) is 4.13. The molecule has 0 saturated carbocycles. The fourth-order valence-electron chi connectivity index (χ4n) is 2.76. The number of carbonyl (C=O) groups is 1. The number of hydrogen-bond acceptors (Lipinski definition) is 3. The molecule has 2 aromatic carbocycles. The second-order valence-corrected chi connectivity index (χ2v) is 7.31. The molecule has 3 nitrogen and oxygen atoms in total. The van der Waals surface area contributed by atoms with Crippen LogP contribution in [0.4, 0.5) is 0 Å². The first kappa shape index (κ1) is 17.6. The zero-order chi connectivity index (χ0) is 17.6. The van der Waals surface area contributed by atoms with Gasteiger partial charge in [-0.3, -0.25) is 4.79 Å². The maximum absolute atomic E-state index is 12.8. The van der Waals surface area contributed by atoms with Crippen LogP contribution in [-0.4, -0.2) is 22.8 Å². The van der Waals surface area contributed by atoms with E-state index in [1.807, 2.05) is 54.9 Å². The van der Waals surface area contributed by atoms with Crippen LogP contribution in [0.25, 0.3) is 0 Å². The van der Waals surface area contributed by atoms with Gasteiger partial charge in [0.25, 0.3) is 0 Å². The third kappa shape index (κ3) is 4.68. The SMILES string of the molecule is CN(Cc1nccs1)C(=O)C[C@H](c1ccccc1)c1ccc(Cl)cc1. The summed E-state index contributed by atoms with van der Waals surface area (Å²) in [6.45, 7) is 0.540. The molecule has 0 aliphatic carbocycles. The van der Waals surface area contributed by atoms with Crippen molar-refractivity contribution in [2.45, 2.75) is 18.9 Å². The average molecular weight is 371 g/mol. The van der Waals surface area contributed by atoms with E-state index in [9.17, 15) is 4.79 Å². The summed E-state index contributed by atoms with van der Waals surface area (Å²) in [7, 11) is 1.83.